The Morgan fingerprint density at radius 3 is 2.18 bits per heavy atom. The van der Waals surface area contributed by atoms with Gasteiger partial charge in [-0.3, -0.25) is 0 Å². The van der Waals surface area contributed by atoms with Gasteiger partial charge in [-0.25, -0.2) is 0 Å². The van der Waals surface area contributed by atoms with Gasteiger partial charge in [0.15, 0.2) is 0 Å². The van der Waals surface area contributed by atoms with Crippen LogP contribution in [0.2, 0.25) is 0 Å². The molecule has 11 nitrogen and oxygen atoms in total. The summed E-state index contributed by atoms with van der Waals surface area (Å²) in [5.74, 6) is -0.541. The van der Waals surface area contributed by atoms with E-state index in [0.29, 0.717) is 19.3 Å². The van der Waals surface area contributed by atoms with Crippen LogP contribution < -0.4 is 0 Å². The summed E-state index contributed by atoms with van der Waals surface area (Å²) >= 11 is 0. The van der Waals surface area contributed by atoms with E-state index in [9.17, 15) is 30.6 Å². The number of aliphatic hydroxyl groups excluding tert-OH is 6. The molecule has 0 bridgehead atoms. The average Bonchev–Trinajstić information content (AvgIpc) is 2.81. The van der Waals surface area contributed by atoms with E-state index >= 15 is 0 Å². The Hall–Kier alpha value is -0.440. The van der Waals surface area contributed by atoms with Crippen LogP contribution in [0.1, 0.15) is 26.2 Å². The van der Waals surface area contributed by atoms with Crippen molar-refractivity contribution in [3.05, 3.63) is 0 Å². The molecular formula is C22H42O11. The first-order chi connectivity index (χ1) is 15.8. The lowest BCUT2D eigenvalue weighted by Crippen LogP contribution is -2.51. The van der Waals surface area contributed by atoms with Crippen LogP contribution >= 0.6 is 0 Å². The van der Waals surface area contributed by atoms with Gasteiger partial charge in [-0.2, -0.15) is 0 Å². The van der Waals surface area contributed by atoms with E-state index in [-0.39, 0.29) is 58.1 Å². The highest BCUT2D eigenvalue weighted by Gasteiger charge is 2.39. The molecule has 2 saturated heterocycles. The zero-order valence-electron chi connectivity index (χ0n) is 19.6. The van der Waals surface area contributed by atoms with Crippen LogP contribution in [0, 0.1) is 11.8 Å². The fourth-order valence-corrected chi connectivity index (χ4v) is 4.37. The fraction of sp³-hybridized carbons (Fsp3) is 1.00. The van der Waals surface area contributed by atoms with Crippen molar-refractivity contribution in [2.75, 3.05) is 53.4 Å². The molecule has 0 aromatic rings. The molecule has 0 radical (unpaired) electrons. The highest BCUT2D eigenvalue weighted by atomic mass is 16.6. The van der Waals surface area contributed by atoms with E-state index in [1.165, 1.54) is 7.11 Å². The van der Waals surface area contributed by atoms with E-state index in [1.807, 2.05) is 0 Å². The quantitative estimate of drug-likeness (QED) is 0.163. The molecule has 0 amide bonds. The van der Waals surface area contributed by atoms with Gasteiger partial charge in [-0.15, -0.1) is 0 Å². The van der Waals surface area contributed by atoms with E-state index in [1.54, 1.807) is 6.92 Å². The lowest BCUT2D eigenvalue weighted by molar-refractivity contribution is -0.199. The van der Waals surface area contributed by atoms with Gasteiger partial charge in [0.1, 0.15) is 18.3 Å². The van der Waals surface area contributed by atoms with Crippen molar-refractivity contribution < 1.29 is 54.3 Å². The lowest BCUT2D eigenvalue weighted by Gasteiger charge is -2.40. The molecule has 2 fully saturated rings. The molecule has 10 unspecified atom stereocenters. The van der Waals surface area contributed by atoms with Gasteiger partial charge in [-0.05, 0) is 19.3 Å². The van der Waals surface area contributed by atoms with Crippen molar-refractivity contribution in [1.29, 1.82) is 0 Å². The molecule has 2 heterocycles. The number of hydrogen-bond donors (Lipinski definition) is 6. The Morgan fingerprint density at radius 2 is 1.55 bits per heavy atom. The third kappa shape index (κ3) is 8.62. The summed E-state index contributed by atoms with van der Waals surface area (Å²) < 4.78 is 27.8. The summed E-state index contributed by atoms with van der Waals surface area (Å²) in [6, 6.07) is 0. The Balaban J connectivity index is 1.79. The van der Waals surface area contributed by atoms with Crippen LogP contribution in [0.15, 0.2) is 0 Å². The summed E-state index contributed by atoms with van der Waals surface area (Å²) in [5, 5.41) is 59.6. The maximum Gasteiger partial charge on any atom is 0.107 e. The minimum atomic E-state index is -0.993. The minimum absolute atomic E-state index is 0.0430. The molecule has 33 heavy (non-hydrogen) atoms. The van der Waals surface area contributed by atoms with Crippen molar-refractivity contribution in [2.45, 2.75) is 75.0 Å². The Morgan fingerprint density at radius 1 is 0.818 bits per heavy atom. The molecule has 0 aliphatic carbocycles. The van der Waals surface area contributed by atoms with Crippen molar-refractivity contribution in [1.82, 2.24) is 0 Å². The highest BCUT2D eigenvalue weighted by molar-refractivity contribution is 4.87. The maximum atomic E-state index is 10.5. The minimum Gasteiger partial charge on any atom is -0.394 e. The first kappa shape index (κ1) is 28.8. The molecule has 10 atom stereocenters. The first-order valence-electron chi connectivity index (χ1n) is 11.7. The normalized spacial score (nSPS) is 37.1. The second-order valence-electron chi connectivity index (χ2n) is 9.00. The van der Waals surface area contributed by atoms with Crippen molar-refractivity contribution in [3.8, 4) is 0 Å². The third-order valence-corrected chi connectivity index (χ3v) is 6.46. The average molecular weight is 483 g/mol. The first-order valence-corrected chi connectivity index (χ1v) is 11.7. The molecule has 2 aliphatic heterocycles. The van der Waals surface area contributed by atoms with Gasteiger partial charge < -0.3 is 54.3 Å². The Labute approximate surface area is 195 Å². The van der Waals surface area contributed by atoms with E-state index < -0.39 is 48.8 Å². The maximum absolute atomic E-state index is 10.5. The SMILES string of the molecule is CCC(O)C(O)COCC1CC(O)C(COCC2CC(CO)OC(COC)C2O)OC1CO. The van der Waals surface area contributed by atoms with Crippen LogP contribution in [-0.2, 0) is 23.7 Å². The molecule has 2 aliphatic rings. The molecule has 6 N–H and O–H groups in total. The number of aliphatic hydroxyl groups is 6. The molecular weight excluding hydrogens is 440 g/mol. The van der Waals surface area contributed by atoms with Gasteiger partial charge in [0.2, 0.25) is 0 Å². The van der Waals surface area contributed by atoms with Gasteiger partial charge >= 0.3 is 0 Å². The summed E-state index contributed by atoms with van der Waals surface area (Å²) in [6.45, 7) is 1.94. The van der Waals surface area contributed by atoms with Crippen LogP contribution in [0.25, 0.3) is 0 Å². The van der Waals surface area contributed by atoms with Gasteiger partial charge in [0, 0.05) is 18.9 Å². The van der Waals surface area contributed by atoms with Crippen molar-refractivity contribution in [3.63, 3.8) is 0 Å². The molecule has 11 heteroatoms. The van der Waals surface area contributed by atoms with Crippen LogP contribution in [0.4, 0.5) is 0 Å². The molecule has 196 valence electrons. The monoisotopic (exact) mass is 482 g/mol. The lowest BCUT2D eigenvalue weighted by atomic mass is 9.89. The van der Waals surface area contributed by atoms with Crippen LogP contribution in [0.5, 0.6) is 0 Å². The predicted molar refractivity (Wildman–Crippen MR) is 116 cm³/mol. The number of hydrogen-bond acceptors (Lipinski definition) is 11. The van der Waals surface area contributed by atoms with Crippen molar-refractivity contribution in [2.24, 2.45) is 11.8 Å². The van der Waals surface area contributed by atoms with Crippen LogP contribution in [0.3, 0.4) is 0 Å². The Kier molecular flexibility index (Phi) is 13.0. The highest BCUT2D eigenvalue weighted by Crippen LogP contribution is 2.28. The topological polar surface area (TPSA) is 168 Å². The van der Waals surface area contributed by atoms with E-state index in [2.05, 4.69) is 0 Å². The third-order valence-electron chi connectivity index (χ3n) is 6.46. The summed E-state index contributed by atoms with van der Waals surface area (Å²) in [5.41, 5.74) is 0. The standard InChI is InChI=1S/C22H42O11/c1-3-16(25)18(27)10-30-8-13-5-17(26)20(33-19(13)7-24)12-31-9-14-4-15(6-23)32-21(11-29-2)22(14)28/h13-28H,3-12H2,1-2H3. The van der Waals surface area contributed by atoms with Gasteiger partial charge in [0.25, 0.3) is 0 Å². The second-order valence-corrected chi connectivity index (χ2v) is 9.00. The molecule has 0 saturated carbocycles. The van der Waals surface area contributed by atoms with Crippen LogP contribution in [-0.4, -0.2) is 133 Å². The molecule has 0 aromatic heterocycles. The molecule has 0 spiro atoms. The summed E-state index contributed by atoms with van der Waals surface area (Å²) in [7, 11) is 1.51. The number of ether oxygens (including phenoxy) is 5. The molecule has 2 rings (SSSR count). The fourth-order valence-electron chi connectivity index (χ4n) is 4.37. The largest absolute Gasteiger partial charge is 0.394 e. The van der Waals surface area contributed by atoms with Gasteiger partial charge in [0.05, 0.1) is 76.8 Å². The smallest absolute Gasteiger partial charge is 0.107 e. The van der Waals surface area contributed by atoms with Gasteiger partial charge in [-0.1, -0.05) is 6.92 Å². The van der Waals surface area contributed by atoms with Crippen molar-refractivity contribution >= 4 is 0 Å². The number of methoxy groups -OCH3 is 1. The summed E-state index contributed by atoms with van der Waals surface area (Å²) in [6.07, 6.45) is -4.49. The Bertz CT molecular complexity index is 525. The number of rotatable bonds is 14. The summed E-state index contributed by atoms with van der Waals surface area (Å²) in [4.78, 5) is 0. The van der Waals surface area contributed by atoms with E-state index in [0.717, 1.165) is 0 Å². The zero-order valence-corrected chi connectivity index (χ0v) is 19.6. The zero-order chi connectivity index (χ0) is 24.4. The second kappa shape index (κ2) is 14.8. The predicted octanol–water partition coefficient (Wildman–Crippen LogP) is -1.95. The molecule has 0 aromatic carbocycles. The van der Waals surface area contributed by atoms with E-state index in [4.69, 9.17) is 23.7 Å².